The summed E-state index contributed by atoms with van der Waals surface area (Å²) in [6.07, 6.45) is -2.20. The Balaban J connectivity index is 2.76. The molecule has 7 heteroatoms. The van der Waals surface area contributed by atoms with Crippen LogP contribution in [0.5, 0.6) is 5.75 Å². The molecular weight excluding hydrogens is 290 g/mol. The summed E-state index contributed by atoms with van der Waals surface area (Å²) in [6.45, 7) is 0.0868. The molecule has 0 aliphatic rings. The quantitative estimate of drug-likeness (QED) is 0.441. The Morgan fingerprint density at radius 3 is 2.76 bits per heavy atom. The zero-order valence-corrected chi connectivity index (χ0v) is 10.4. The molecule has 0 radical (unpaired) electrons. The molecule has 0 aliphatic carbocycles. The van der Waals surface area contributed by atoms with Crippen molar-refractivity contribution in [3.8, 4) is 5.75 Å². The molecule has 6 nitrogen and oxygen atoms in total. The Hall–Kier alpha value is -1.27. The molecular formula is C10H12BrN3O3. The van der Waals surface area contributed by atoms with E-state index in [9.17, 15) is 15.3 Å². The lowest BCUT2D eigenvalue weighted by atomic mass is 10.0. The van der Waals surface area contributed by atoms with Gasteiger partial charge in [0.2, 0.25) is 0 Å². The lowest BCUT2D eigenvalue weighted by molar-refractivity contribution is 0.0137. The highest BCUT2D eigenvalue weighted by atomic mass is 79.9. The van der Waals surface area contributed by atoms with E-state index in [1.807, 2.05) is 0 Å². The van der Waals surface area contributed by atoms with E-state index in [0.29, 0.717) is 4.47 Å². The highest BCUT2D eigenvalue weighted by Crippen LogP contribution is 2.30. The van der Waals surface area contributed by atoms with Gasteiger partial charge in [0.1, 0.15) is 11.9 Å². The molecule has 0 aromatic heterocycles. The fraction of sp³-hybridized carbons (Fsp3) is 0.400. The number of rotatable bonds is 5. The van der Waals surface area contributed by atoms with Gasteiger partial charge >= 0.3 is 0 Å². The van der Waals surface area contributed by atoms with Crippen molar-refractivity contribution in [1.82, 2.24) is 0 Å². The van der Waals surface area contributed by atoms with E-state index < -0.39 is 12.2 Å². The number of benzene rings is 1. The number of aliphatic hydroxyl groups is 2. The molecule has 0 spiro atoms. The van der Waals surface area contributed by atoms with Crippen LogP contribution in [0.25, 0.3) is 10.4 Å². The fourth-order valence-corrected chi connectivity index (χ4v) is 1.74. The normalized spacial score (nSPS) is 13.8. The van der Waals surface area contributed by atoms with Crippen LogP contribution in [0.4, 0.5) is 0 Å². The first-order valence-corrected chi connectivity index (χ1v) is 5.71. The number of phenols is 1. The maximum atomic E-state index is 9.83. The van der Waals surface area contributed by atoms with Crippen molar-refractivity contribution in [3.63, 3.8) is 0 Å². The topological polar surface area (TPSA) is 109 Å². The molecule has 17 heavy (non-hydrogen) atoms. The second-order valence-electron chi connectivity index (χ2n) is 3.46. The van der Waals surface area contributed by atoms with E-state index in [1.165, 1.54) is 12.1 Å². The van der Waals surface area contributed by atoms with Crippen LogP contribution in [0, 0.1) is 0 Å². The van der Waals surface area contributed by atoms with E-state index in [2.05, 4.69) is 26.0 Å². The first-order valence-electron chi connectivity index (χ1n) is 4.91. The van der Waals surface area contributed by atoms with Crippen molar-refractivity contribution in [3.05, 3.63) is 38.7 Å². The van der Waals surface area contributed by atoms with Crippen LogP contribution >= 0.6 is 15.9 Å². The Labute approximate surface area is 106 Å². The highest BCUT2D eigenvalue weighted by Gasteiger charge is 2.20. The van der Waals surface area contributed by atoms with Gasteiger partial charge in [-0.3, -0.25) is 0 Å². The zero-order chi connectivity index (χ0) is 12.8. The van der Waals surface area contributed by atoms with E-state index in [0.717, 1.165) is 0 Å². The fourth-order valence-electron chi connectivity index (χ4n) is 1.36. The van der Waals surface area contributed by atoms with Gasteiger partial charge in [-0.1, -0.05) is 21.0 Å². The minimum absolute atomic E-state index is 0.0868. The first kappa shape index (κ1) is 13.8. The first-order chi connectivity index (χ1) is 8.06. The Morgan fingerprint density at radius 2 is 2.12 bits per heavy atom. The monoisotopic (exact) mass is 301 g/mol. The van der Waals surface area contributed by atoms with Crippen molar-refractivity contribution < 1.29 is 15.3 Å². The molecule has 2 unspecified atom stereocenters. The van der Waals surface area contributed by atoms with Gasteiger partial charge in [-0.05, 0) is 30.2 Å². The summed E-state index contributed by atoms with van der Waals surface area (Å²) in [7, 11) is 0. The van der Waals surface area contributed by atoms with Crippen LogP contribution in [0.3, 0.4) is 0 Å². The largest absolute Gasteiger partial charge is 0.508 e. The van der Waals surface area contributed by atoms with Crippen LogP contribution in [0.15, 0.2) is 27.8 Å². The van der Waals surface area contributed by atoms with Crippen molar-refractivity contribution in [2.24, 2.45) is 5.11 Å². The molecule has 1 aromatic carbocycles. The third-order valence-electron chi connectivity index (χ3n) is 2.26. The molecule has 0 saturated heterocycles. The molecule has 0 heterocycles. The van der Waals surface area contributed by atoms with Crippen molar-refractivity contribution in [1.29, 1.82) is 0 Å². The zero-order valence-electron chi connectivity index (χ0n) is 8.86. The lowest BCUT2D eigenvalue weighted by Crippen LogP contribution is -2.19. The standard InChI is InChI=1S/C10H12BrN3O3/c11-6-1-2-8(15)7(5-6)10(17)9(16)3-4-13-14-12/h1-2,5,9-10,15-17H,3-4H2. The lowest BCUT2D eigenvalue weighted by Gasteiger charge is -2.18. The van der Waals surface area contributed by atoms with E-state index in [1.54, 1.807) is 6.07 Å². The van der Waals surface area contributed by atoms with Crippen LogP contribution in [0.1, 0.15) is 18.1 Å². The third-order valence-corrected chi connectivity index (χ3v) is 2.75. The third kappa shape index (κ3) is 3.90. The molecule has 0 amide bonds. The van der Waals surface area contributed by atoms with Crippen LogP contribution < -0.4 is 0 Å². The number of phenolic OH excluding ortho intramolecular Hbond substituents is 1. The van der Waals surface area contributed by atoms with Gasteiger partial charge < -0.3 is 15.3 Å². The number of hydrogen-bond donors (Lipinski definition) is 3. The maximum Gasteiger partial charge on any atom is 0.121 e. The van der Waals surface area contributed by atoms with Crippen molar-refractivity contribution >= 4 is 15.9 Å². The van der Waals surface area contributed by atoms with Crippen LogP contribution in [0.2, 0.25) is 0 Å². The number of nitrogens with zero attached hydrogens (tertiary/aromatic N) is 3. The number of hydrogen-bond acceptors (Lipinski definition) is 4. The molecule has 0 bridgehead atoms. The molecule has 2 atom stereocenters. The SMILES string of the molecule is [N-]=[N+]=NCCC(O)C(O)c1cc(Br)ccc1O. The summed E-state index contributed by atoms with van der Waals surface area (Å²) in [5.74, 6) is -0.0939. The Morgan fingerprint density at radius 1 is 1.41 bits per heavy atom. The summed E-state index contributed by atoms with van der Waals surface area (Å²) in [5.41, 5.74) is 8.31. The smallest absolute Gasteiger partial charge is 0.121 e. The summed E-state index contributed by atoms with van der Waals surface area (Å²) >= 11 is 3.21. The number of aromatic hydroxyl groups is 1. The van der Waals surface area contributed by atoms with Gasteiger partial charge in [-0.15, -0.1) is 0 Å². The molecule has 1 rings (SSSR count). The predicted molar refractivity (Wildman–Crippen MR) is 65.4 cm³/mol. The van der Waals surface area contributed by atoms with Gasteiger partial charge in [0, 0.05) is 21.5 Å². The Bertz CT molecular complexity index is 435. The van der Waals surface area contributed by atoms with Gasteiger partial charge in [-0.2, -0.15) is 0 Å². The van der Waals surface area contributed by atoms with Crippen LogP contribution in [-0.4, -0.2) is 28.0 Å². The van der Waals surface area contributed by atoms with Crippen molar-refractivity contribution in [2.45, 2.75) is 18.6 Å². The summed E-state index contributed by atoms with van der Waals surface area (Å²) in [6, 6.07) is 4.57. The summed E-state index contributed by atoms with van der Waals surface area (Å²) < 4.78 is 0.687. The second-order valence-corrected chi connectivity index (χ2v) is 4.37. The molecule has 0 fully saturated rings. The van der Waals surface area contributed by atoms with E-state index in [4.69, 9.17) is 5.53 Å². The van der Waals surface area contributed by atoms with Gasteiger partial charge in [0.05, 0.1) is 6.10 Å². The maximum absolute atomic E-state index is 9.83. The van der Waals surface area contributed by atoms with Gasteiger partial charge in [0.15, 0.2) is 0 Å². The minimum Gasteiger partial charge on any atom is -0.508 e. The molecule has 3 N–H and O–H groups in total. The molecule has 0 saturated carbocycles. The minimum atomic E-state index is -1.22. The second kappa shape index (κ2) is 6.46. The Kier molecular flexibility index (Phi) is 5.24. The summed E-state index contributed by atoms with van der Waals surface area (Å²) in [4.78, 5) is 2.55. The molecule has 92 valence electrons. The van der Waals surface area contributed by atoms with E-state index >= 15 is 0 Å². The predicted octanol–water partition coefficient (Wildman–Crippen LogP) is 2.25. The number of halogens is 1. The van der Waals surface area contributed by atoms with Crippen molar-refractivity contribution in [2.75, 3.05) is 6.54 Å². The number of aliphatic hydroxyl groups excluding tert-OH is 2. The van der Waals surface area contributed by atoms with E-state index in [-0.39, 0.29) is 24.3 Å². The molecule has 1 aromatic rings. The number of azide groups is 1. The average Bonchev–Trinajstić information content (AvgIpc) is 2.31. The average molecular weight is 302 g/mol. The van der Waals surface area contributed by atoms with Crippen LogP contribution in [-0.2, 0) is 0 Å². The summed E-state index contributed by atoms with van der Waals surface area (Å²) in [5, 5.41) is 32.3. The molecule has 0 aliphatic heterocycles. The van der Waals surface area contributed by atoms with Gasteiger partial charge in [-0.25, -0.2) is 0 Å². The van der Waals surface area contributed by atoms with Gasteiger partial charge in [0.25, 0.3) is 0 Å². The highest BCUT2D eigenvalue weighted by molar-refractivity contribution is 9.10.